The standard InChI is InChI=1S/C13H26N2O/c1-9-7-10(5-6-15(9)4)14-11-8-12(16)13(11,2)3/h9-12,14,16H,5-8H2,1-4H3. The maximum atomic E-state index is 9.72. The van der Waals surface area contributed by atoms with E-state index in [1.165, 1.54) is 19.4 Å². The Morgan fingerprint density at radius 1 is 1.31 bits per heavy atom. The molecule has 16 heavy (non-hydrogen) atoms. The van der Waals surface area contributed by atoms with Crippen LogP contribution in [-0.4, -0.2) is 47.8 Å². The highest BCUT2D eigenvalue weighted by Crippen LogP contribution is 2.41. The van der Waals surface area contributed by atoms with Crippen molar-refractivity contribution in [3.63, 3.8) is 0 Å². The normalized spacial score (nSPS) is 44.1. The molecule has 1 aliphatic carbocycles. The van der Waals surface area contributed by atoms with Crippen molar-refractivity contribution in [1.82, 2.24) is 10.2 Å². The van der Waals surface area contributed by atoms with Crippen LogP contribution in [0.15, 0.2) is 0 Å². The fourth-order valence-corrected chi connectivity index (χ4v) is 2.91. The Hall–Kier alpha value is -0.120. The summed E-state index contributed by atoms with van der Waals surface area (Å²) in [5.41, 5.74) is 0.0621. The van der Waals surface area contributed by atoms with E-state index in [4.69, 9.17) is 0 Å². The minimum Gasteiger partial charge on any atom is -0.392 e. The first-order chi connectivity index (χ1) is 7.41. The molecule has 1 heterocycles. The Kier molecular flexibility index (Phi) is 3.30. The highest BCUT2D eigenvalue weighted by Gasteiger charge is 2.47. The van der Waals surface area contributed by atoms with Crippen LogP contribution in [0.3, 0.4) is 0 Å². The molecule has 1 aliphatic heterocycles. The zero-order valence-electron chi connectivity index (χ0n) is 11.0. The number of piperidine rings is 1. The number of hydrogen-bond acceptors (Lipinski definition) is 3. The van der Waals surface area contributed by atoms with Gasteiger partial charge >= 0.3 is 0 Å². The Morgan fingerprint density at radius 3 is 2.50 bits per heavy atom. The van der Waals surface area contributed by atoms with Gasteiger partial charge < -0.3 is 15.3 Å². The van der Waals surface area contributed by atoms with Gasteiger partial charge in [-0.25, -0.2) is 0 Å². The summed E-state index contributed by atoms with van der Waals surface area (Å²) in [5.74, 6) is 0. The lowest BCUT2D eigenvalue weighted by Gasteiger charge is -2.52. The van der Waals surface area contributed by atoms with E-state index in [9.17, 15) is 5.11 Å². The number of rotatable bonds is 2. The van der Waals surface area contributed by atoms with Crippen molar-refractivity contribution in [2.45, 2.75) is 64.3 Å². The third-order valence-corrected chi connectivity index (χ3v) is 4.86. The molecule has 2 fully saturated rings. The van der Waals surface area contributed by atoms with Gasteiger partial charge in [-0.1, -0.05) is 13.8 Å². The van der Waals surface area contributed by atoms with Crippen molar-refractivity contribution in [3.8, 4) is 0 Å². The second kappa shape index (κ2) is 4.28. The van der Waals surface area contributed by atoms with Gasteiger partial charge in [-0.05, 0) is 39.8 Å². The predicted octanol–water partition coefficient (Wildman–Crippen LogP) is 1.22. The maximum absolute atomic E-state index is 9.72. The minimum absolute atomic E-state index is 0.0621. The van der Waals surface area contributed by atoms with Gasteiger partial charge in [0.1, 0.15) is 0 Å². The molecule has 1 saturated carbocycles. The van der Waals surface area contributed by atoms with Gasteiger partial charge in [0.05, 0.1) is 6.10 Å². The molecule has 0 radical (unpaired) electrons. The Balaban J connectivity index is 1.83. The molecule has 0 amide bonds. The number of aliphatic hydroxyl groups is 1. The van der Waals surface area contributed by atoms with Gasteiger partial charge in [-0.3, -0.25) is 0 Å². The topological polar surface area (TPSA) is 35.5 Å². The van der Waals surface area contributed by atoms with Crippen LogP contribution in [0.1, 0.15) is 40.0 Å². The van der Waals surface area contributed by atoms with E-state index in [1.807, 2.05) is 0 Å². The van der Waals surface area contributed by atoms with E-state index in [2.05, 4.69) is 38.0 Å². The molecule has 0 aromatic carbocycles. The number of hydrogen-bond donors (Lipinski definition) is 2. The third kappa shape index (κ3) is 2.13. The summed E-state index contributed by atoms with van der Waals surface area (Å²) in [6.07, 6.45) is 3.28. The Bertz CT molecular complexity index is 254. The molecule has 2 aliphatic rings. The molecule has 94 valence electrons. The van der Waals surface area contributed by atoms with E-state index in [1.54, 1.807) is 0 Å². The van der Waals surface area contributed by atoms with Crippen LogP contribution in [0.4, 0.5) is 0 Å². The SMILES string of the molecule is CC1CC(NC2CC(O)C2(C)C)CCN1C. The lowest BCUT2D eigenvalue weighted by atomic mass is 9.64. The Morgan fingerprint density at radius 2 is 2.00 bits per heavy atom. The molecule has 3 heteroatoms. The van der Waals surface area contributed by atoms with E-state index >= 15 is 0 Å². The van der Waals surface area contributed by atoms with Gasteiger partial charge in [0.25, 0.3) is 0 Å². The molecule has 3 nitrogen and oxygen atoms in total. The number of nitrogens with one attached hydrogen (secondary N) is 1. The van der Waals surface area contributed by atoms with E-state index in [0.29, 0.717) is 18.1 Å². The van der Waals surface area contributed by atoms with Crippen molar-refractivity contribution in [2.75, 3.05) is 13.6 Å². The summed E-state index contributed by atoms with van der Waals surface area (Å²) >= 11 is 0. The summed E-state index contributed by atoms with van der Waals surface area (Å²) in [5, 5.41) is 13.5. The van der Waals surface area contributed by atoms with E-state index in [0.717, 1.165) is 6.42 Å². The Labute approximate surface area is 99.2 Å². The van der Waals surface area contributed by atoms with Crippen molar-refractivity contribution >= 4 is 0 Å². The summed E-state index contributed by atoms with van der Waals surface area (Å²) in [6.45, 7) is 7.82. The van der Waals surface area contributed by atoms with Crippen molar-refractivity contribution < 1.29 is 5.11 Å². The van der Waals surface area contributed by atoms with Crippen LogP contribution in [0, 0.1) is 5.41 Å². The monoisotopic (exact) mass is 226 g/mol. The van der Waals surface area contributed by atoms with Gasteiger partial charge in [0.15, 0.2) is 0 Å². The number of nitrogens with zero attached hydrogens (tertiary/aromatic N) is 1. The van der Waals surface area contributed by atoms with Crippen LogP contribution in [-0.2, 0) is 0 Å². The second-order valence-electron chi connectivity index (χ2n) is 6.34. The van der Waals surface area contributed by atoms with Gasteiger partial charge in [-0.2, -0.15) is 0 Å². The molecule has 4 unspecified atom stereocenters. The first-order valence-corrected chi connectivity index (χ1v) is 6.55. The highest BCUT2D eigenvalue weighted by atomic mass is 16.3. The molecular formula is C13H26N2O. The van der Waals surface area contributed by atoms with Crippen LogP contribution in [0.5, 0.6) is 0 Å². The number of aliphatic hydroxyl groups excluding tert-OH is 1. The van der Waals surface area contributed by atoms with E-state index in [-0.39, 0.29) is 11.5 Å². The summed E-state index contributed by atoms with van der Waals surface area (Å²) in [7, 11) is 2.21. The zero-order valence-corrected chi connectivity index (χ0v) is 11.0. The molecule has 1 saturated heterocycles. The molecule has 0 aromatic heterocycles. The van der Waals surface area contributed by atoms with Crippen LogP contribution < -0.4 is 5.32 Å². The largest absolute Gasteiger partial charge is 0.392 e. The molecule has 0 spiro atoms. The zero-order chi connectivity index (χ0) is 11.9. The van der Waals surface area contributed by atoms with Crippen LogP contribution >= 0.6 is 0 Å². The number of likely N-dealkylation sites (tertiary alicyclic amines) is 1. The first kappa shape index (κ1) is 12.3. The molecule has 0 aromatic rings. The molecule has 2 rings (SSSR count). The molecular weight excluding hydrogens is 200 g/mol. The summed E-state index contributed by atoms with van der Waals surface area (Å²) < 4.78 is 0. The van der Waals surface area contributed by atoms with E-state index < -0.39 is 0 Å². The second-order valence-corrected chi connectivity index (χ2v) is 6.34. The first-order valence-electron chi connectivity index (χ1n) is 6.55. The average molecular weight is 226 g/mol. The molecule has 4 atom stereocenters. The van der Waals surface area contributed by atoms with Crippen molar-refractivity contribution in [1.29, 1.82) is 0 Å². The lowest BCUT2D eigenvalue weighted by Crippen LogP contribution is -2.63. The van der Waals surface area contributed by atoms with Gasteiger partial charge in [-0.15, -0.1) is 0 Å². The molecule has 2 N–H and O–H groups in total. The quantitative estimate of drug-likeness (QED) is 0.743. The maximum Gasteiger partial charge on any atom is 0.0621 e. The fraction of sp³-hybridized carbons (Fsp3) is 1.00. The smallest absolute Gasteiger partial charge is 0.0621 e. The lowest BCUT2D eigenvalue weighted by molar-refractivity contribution is -0.0783. The third-order valence-electron chi connectivity index (χ3n) is 4.86. The van der Waals surface area contributed by atoms with Gasteiger partial charge in [0.2, 0.25) is 0 Å². The highest BCUT2D eigenvalue weighted by molar-refractivity contribution is 5.03. The summed E-state index contributed by atoms with van der Waals surface area (Å²) in [4.78, 5) is 2.43. The van der Waals surface area contributed by atoms with Crippen molar-refractivity contribution in [3.05, 3.63) is 0 Å². The fourth-order valence-electron chi connectivity index (χ4n) is 2.91. The van der Waals surface area contributed by atoms with Gasteiger partial charge in [0, 0.05) is 23.5 Å². The molecule has 0 bridgehead atoms. The minimum atomic E-state index is -0.117. The average Bonchev–Trinajstić information content (AvgIpc) is 2.23. The summed E-state index contributed by atoms with van der Waals surface area (Å²) in [6, 6.07) is 1.82. The van der Waals surface area contributed by atoms with Crippen molar-refractivity contribution in [2.24, 2.45) is 5.41 Å². The van der Waals surface area contributed by atoms with Crippen LogP contribution in [0.2, 0.25) is 0 Å². The van der Waals surface area contributed by atoms with Crippen LogP contribution in [0.25, 0.3) is 0 Å². The predicted molar refractivity (Wildman–Crippen MR) is 66.4 cm³/mol.